The van der Waals surface area contributed by atoms with Crippen molar-refractivity contribution in [3.63, 3.8) is 0 Å². The summed E-state index contributed by atoms with van der Waals surface area (Å²) >= 11 is 0. The highest BCUT2D eigenvalue weighted by Gasteiger charge is 2.09. The van der Waals surface area contributed by atoms with Crippen molar-refractivity contribution in [2.45, 2.75) is 32.9 Å². The number of aliphatic imine (C=N–C) groups is 1. The first kappa shape index (κ1) is 24.8. The Balaban J connectivity index is 0.00000341. The largest absolute Gasteiger partial charge is 0.354 e. The molecule has 1 aromatic heterocycles. The summed E-state index contributed by atoms with van der Waals surface area (Å²) in [7, 11) is 1.97. The maximum atomic E-state index is 13.6. The van der Waals surface area contributed by atoms with Crippen LogP contribution in [0.1, 0.15) is 23.9 Å². The first-order chi connectivity index (χ1) is 14.7. The van der Waals surface area contributed by atoms with Crippen LogP contribution >= 0.6 is 24.0 Å². The fraction of sp³-hybridized carbons (Fsp3) is 0.348. The molecule has 1 N–H and O–H groups in total. The minimum Gasteiger partial charge on any atom is -0.354 e. The van der Waals surface area contributed by atoms with Gasteiger partial charge in [0.25, 0.3) is 0 Å². The summed E-state index contributed by atoms with van der Waals surface area (Å²) in [5.74, 6) is 1.53. The lowest BCUT2D eigenvalue weighted by atomic mass is 10.2. The number of aromatic nitrogens is 3. The van der Waals surface area contributed by atoms with Gasteiger partial charge in [-0.25, -0.2) is 4.39 Å². The van der Waals surface area contributed by atoms with Crippen LogP contribution < -0.4 is 5.32 Å². The van der Waals surface area contributed by atoms with Crippen molar-refractivity contribution in [1.82, 2.24) is 25.0 Å². The molecular weight excluding hydrogens is 506 g/mol. The summed E-state index contributed by atoms with van der Waals surface area (Å²) < 4.78 is 15.6. The zero-order valence-electron chi connectivity index (χ0n) is 18.0. The predicted octanol–water partition coefficient (Wildman–Crippen LogP) is 3.92. The molecule has 31 heavy (non-hydrogen) atoms. The molecule has 0 saturated carbocycles. The van der Waals surface area contributed by atoms with E-state index in [-0.39, 0.29) is 29.8 Å². The Bertz CT molecular complexity index is 944. The van der Waals surface area contributed by atoms with Gasteiger partial charge < -0.3 is 14.8 Å². The molecule has 166 valence electrons. The fourth-order valence-corrected chi connectivity index (χ4v) is 3.26. The number of nitrogens with zero attached hydrogens (tertiary/aromatic N) is 5. The second-order valence-electron chi connectivity index (χ2n) is 7.15. The molecule has 3 aromatic rings. The molecule has 1 heterocycles. The lowest BCUT2D eigenvalue weighted by Gasteiger charge is -2.23. The summed E-state index contributed by atoms with van der Waals surface area (Å²) in [4.78, 5) is 6.82. The number of hydrogen-bond acceptors (Lipinski definition) is 3. The third kappa shape index (κ3) is 7.93. The Labute approximate surface area is 200 Å². The molecule has 6 nitrogen and oxygen atoms in total. The van der Waals surface area contributed by atoms with E-state index in [1.807, 2.05) is 40.8 Å². The van der Waals surface area contributed by atoms with Crippen molar-refractivity contribution < 1.29 is 4.39 Å². The van der Waals surface area contributed by atoms with Crippen LogP contribution in [0.25, 0.3) is 0 Å². The van der Waals surface area contributed by atoms with Crippen molar-refractivity contribution in [1.29, 1.82) is 0 Å². The molecule has 0 bridgehead atoms. The maximum absolute atomic E-state index is 13.6. The van der Waals surface area contributed by atoms with Gasteiger partial charge in [0.1, 0.15) is 18.0 Å². The van der Waals surface area contributed by atoms with Gasteiger partial charge in [-0.2, -0.15) is 0 Å². The molecular formula is C23H30FIN6. The average molecular weight is 536 g/mol. The third-order valence-electron chi connectivity index (χ3n) is 4.82. The number of guanidine groups is 1. The smallest absolute Gasteiger partial charge is 0.194 e. The second kappa shape index (κ2) is 13.0. The molecule has 0 aliphatic rings. The van der Waals surface area contributed by atoms with E-state index < -0.39 is 0 Å². The third-order valence-corrected chi connectivity index (χ3v) is 4.82. The first-order valence-electron chi connectivity index (χ1n) is 10.3. The topological polar surface area (TPSA) is 58.3 Å². The fourth-order valence-electron chi connectivity index (χ4n) is 3.26. The van der Waals surface area contributed by atoms with Crippen LogP contribution in [0.5, 0.6) is 0 Å². The number of nitrogens with one attached hydrogen (secondary N) is 1. The molecule has 0 fully saturated rings. The number of hydrogen-bond donors (Lipinski definition) is 1. The van der Waals surface area contributed by atoms with Crippen LogP contribution in [-0.4, -0.2) is 45.8 Å². The van der Waals surface area contributed by atoms with E-state index in [0.29, 0.717) is 19.6 Å². The maximum Gasteiger partial charge on any atom is 0.194 e. The van der Waals surface area contributed by atoms with Crippen LogP contribution in [0.15, 0.2) is 65.9 Å². The first-order valence-corrected chi connectivity index (χ1v) is 10.3. The Hall–Kier alpha value is -2.49. The summed E-state index contributed by atoms with van der Waals surface area (Å²) in [5.41, 5.74) is 2.16. The molecule has 0 atom stereocenters. The molecule has 0 aliphatic heterocycles. The monoisotopic (exact) mass is 536 g/mol. The Morgan fingerprint density at radius 1 is 1.13 bits per heavy atom. The summed E-state index contributed by atoms with van der Waals surface area (Å²) in [6, 6.07) is 17.0. The minimum absolute atomic E-state index is 0. The van der Waals surface area contributed by atoms with Gasteiger partial charge in [0, 0.05) is 39.6 Å². The molecule has 3 rings (SSSR count). The predicted molar refractivity (Wildman–Crippen MR) is 133 cm³/mol. The van der Waals surface area contributed by atoms with Crippen molar-refractivity contribution in [3.05, 3.63) is 83.7 Å². The van der Waals surface area contributed by atoms with E-state index in [9.17, 15) is 4.39 Å². The Kier molecular flexibility index (Phi) is 10.4. The minimum atomic E-state index is -0.226. The van der Waals surface area contributed by atoms with Gasteiger partial charge in [-0.05, 0) is 29.7 Å². The van der Waals surface area contributed by atoms with E-state index in [1.165, 1.54) is 11.6 Å². The standard InChI is InChI=1S/C23H29FN6.HI/c1-3-22-28-27-18-30(22)15-14-26-23(25-13-12-19-8-5-4-6-9-19)29(2)17-20-10-7-11-21(24)16-20;/h4-11,16,18H,3,12-15,17H2,1-2H3,(H,25,26);1H. The molecule has 8 heteroatoms. The van der Waals surface area contributed by atoms with Crippen LogP contribution in [0, 0.1) is 5.82 Å². The summed E-state index contributed by atoms with van der Waals surface area (Å²) in [6.07, 6.45) is 3.46. The van der Waals surface area contributed by atoms with Crippen LogP contribution in [0.2, 0.25) is 0 Å². The molecule has 2 aromatic carbocycles. The molecule has 0 saturated heterocycles. The van der Waals surface area contributed by atoms with E-state index in [0.717, 1.165) is 36.7 Å². The number of rotatable bonds is 9. The number of benzene rings is 2. The van der Waals surface area contributed by atoms with Gasteiger partial charge in [0.15, 0.2) is 5.96 Å². The van der Waals surface area contributed by atoms with E-state index in [1.54, 1.807) is 18.5 Å². The van der Waals surface area contributed by atoms with Gasteiger partial charge in [-0.1, -0.05) is 49.4 Å². The van der Waals surface area contributed by atoms with Gasteiger partial charge in [-0.3, -0.25) is 4.99 Å². The number of halogens is 2. The van der Waals surface area contributed by atoms with E-state index in [2.05, 4.69) is 34.6 Å². The van der Waals surface area contributed by atoms with Crippen molar-refractivity contribution in [3.8, 4) is 0 Å². The lowest BCUT2D eigenvalue weighted by Crippen LogP contribution is -2.40. The second-order valence-corrected chi connectivity index (χ2v) is 7.15. The zero-order chi connectivity index (χ0) is 21.2. The van der Waals surface area contributed by atoms with E-state index in [4.69, 9.17) is 4.99 Å². The number of aryl methyl sites for hydroxylation is 1. The van der Waals surface area contributed by atoms with Crippen LogP contribution in [0.3, 0.4) is 0 Å². The molecule has 0 radical (unpaired) electrons. The average Bonchev–Trinajstić information content (AvgIpc) is 3.21. The van der Waals surface area contributed by atoms with Crippen molar-refractivity contribution in [2.75, 3.05) is 20.1 Å². The molecule has 0 spiro atoms. The Morgan fingerprint density at radius 2 is 1.90 bits per heavy atom. The van der Waals surface area contributed by atoms with Gasteiger partial charge in [-0.15, -0.1) is 34.2 Å². The van der Waals surface area contributed by atoms with Gasteiger partial charge >= 0.3 is 0 Å². The van der Waals surface area contributed by atoms with Gasteiger partial charge in [0.05, 0.1) is 0 Å². The molecule has 0 aliphatic carbocycles. The highest BCUT2D eigenvalue weighted by Crippen LogP contribution is 2.07. The van der Waals surface area contributed by atoms with E-state index >= 15 is 0 Å². The van der Waals surface area contributed by atoms with Crippen molar-refractivity contribution in [2.24, 2.45) is 4.99 Å². The zero-order valence-corrected chi connectivity index (χ0v) is 20.4. The molecule has 0 unspecified atom stereocenters. The highest BCUT2D eigenvalue weighted by molar-refractivity contribution is 14.0. The Morgan fingerprint density at radius 3 is 2.65 bits per heavy atom. The molecule has 0 amide bonds. The van der Waals surface area contributed by atoms with Crippen LogP contribution in [0.4, 0.5) is 4.39 Å². The SMILES string of the molecule is CCc1nncn1CCNC(=NCCc1ccccc1)N(C)Cc1cccc(F)c1.I. The van der Waals surface area contributed by atoms with Crippen LogP contribution in [-0.2, 0) is 25.9 Å². The normalized spacial score (nSPS) is 11.1. The summed E-state index contributed by atoms with van der Waals surface area (Å²) in [5, 5.41) is 11.5. The van der Waals surface area contributed by atoms with Gasteiger partial charge in [0.2, 0.25) is 0 Å². The summed E-state index contributed by atoms with van der Waals surface area (Å²) in [6.45, 7) is 4.76. The highest BCUT2D eigenvalue weighted by atomic mass is 127. The quantitative estimate of drug-likeness (QED) is 0.256. The lowest BCUT2D eigenvalue weighted by molar-refractivity contribution is 0.468. The van der Waals surface area contributed by atoms with Crippen molar-refractivity contribution >= 4 is 29.9 Å².